The molecule has 0 radical (unpaired) electrons. The van der Waals surface area contributed by atoms with Gasteiger partial charge in [-0.15, -0.1) is 0 Å². The number of hydrogen-bond donors (Lipinski definition) is 4. The number of carbonyl (C=O) groups is 3. The lowest BCUT2D eigenvalue weighted by molar-refractivity contribution is -0.298. The average Bonchev–Trinajstić information content (AvgIpc) is 3.18. The van der Waals surface area contributed by atoms with Crippen LogP contribution in [0.3, 0.4) is 0 Å². The Labute approximate surface area is 336 Å². The van der Waals surface area contributed by atoms with Gasteiger partial charge in [-0.2, -0.15) is 0 Å². The van der Waals surface area contributed by atoms with Crippen LogP contribution in [0.25, 0.3) is 0 Å². The number of carboxylic acid groups (broad SMARTS) is 1. The molecular weight excluding hydrogens is 716 g/mol. The molecule has 6 atom stereocenters. The molecule has 0 aromatic rings. The van der Waals surface area contributed by atoms with E-state index in [1.807, 2.05) is 0 Å². The van der Waals surface area contributed by atoms with E-state index in [2.05, 4.69) is 74.6 Å². The summed E-state index contributed by atoms with van der Waals surface area (Å²) < 4.78 is 21.7. The van der Waals surface area contributed by atoms with Crippen molar-refractivity contribution >= 4 is 17.9 Å². The van der Waals surface area contributed by atoms with Gasteiger partial charge < -0.3 is 39.4 Å². The van der Waals surface area contributed by atoms with Crippen molar-refractivity contribution < 1.29 is 53.8 Å². The van der Waals surface area contributed by atoms with Gasteiger partial charge in [0.15, 0.2) is 18.5 Å². The van der Waals surface area contributed by atoms with Crippen molar-refractivity contribution in [1.82, 2.24) is 0 Å². The summed E-state index contributed by atoms with van der Waals surface area (Å²) >= 11 is 0. The second-order valence-electron chi connectivity index (χ2n) is 14.4. The number of allylic oxidation sites excluding steroid dienone is 10. The van der Waals surface area contributed by atoms with Gasteiger partial charge in [0.25, 0.3) is 0 Å². The first kappa shape index (κ1) is 50.9. The van der Waals surface area contributed by atoms with E-state index in [9.17, 15) is 34.8 Å². The molecule has 1 aliphatic heterocycles. The molecule has 6 unspecified atom stereocenters. The Bertz CT molecular complexity index is 1160. The first-order chi connectivity index (χ1) is 27.2. The zero-order valence-electron chi connectivity index (χ0n) is 34.4. The second kappa shape index (κ2) is 35.1. The highest BCUT2D eigenvalue weighted by Gasteiger charge is 2.47. The van der Waals surface area contributed by atoms with E-state index in [0.29, 0.717) is 12.8 Å². The van der Waals surface area contributed by atoms with Gasteiger partial charge in [-0.05, 0) is 70.6 Å². The van der Waals surface area contributed by atoms with Gasteiger partial charge in [-0.1, -0.05) is 132 Å². The van der Waals surface area contributed by atoms with Crippen LogP contribution in [0.4, 0.5) is 0 Å². The van der Waals surface area contributed by atoms with Crippen molar-refractivity contribution in [2.45, 2.75) is 192 Å². The Morgan fingerprint density at radius 1 is 0.571 bits per heavy atom. The Kier molecular flexibility index (Phi) is 31.9. The van der Waals surface area contributed by atoms with Crippen LogP contribution in [0.1, 0.15) is 155 Å². The number of ether oxygens (including phenoxy) is 4. The zero-order chi connectivity index (χ0) is 41.1. The Hall–Kier alpha value is -3.09. The molecule has 0 amide bonds. The summed E-state index contributed by atoms with van der Waals surface area (Å²) in [6.45, 7) is 3.60. The minimum atomic E-state index is -1.87. The first-order valence-electron chi connectivity index (χ1n) is 21.3. The summed E-state index contributed by atoms with van der Waals surface area (Å²) in [7, 11) is 0. The van der Waals surface area contributed by atoms with Crippen LogP contribution in [0.5, 0.6) is 0 Å². The maximum atomic E-state index is 12.7. The van der Waals surface area contributed by atoms with E-state index in [0.717, 1.165) is 103 Å². The quantitative estimate of drug-likeness (QED) is 0.0279. The van der Waals surface area contributed by atoms with Crippen molar-refractivity contribution in [3.8, 4) is 0 Å². The number of aliphatic hydroxyl groups excluding tert-OH is 3. The van der Waals surface area contributed by atoms with Gasteiger partial charge in [0.2, 0.25) is 0 Å². The molecule has 11 nitrogen and oxygen atoms in total. The average molecular weight is 791 g/mol. The number of aliphatic carboxylic acids is 1. The van der Waals surface area contributed by atoms with E-state index >= 15 is 0 Å². The molecule has 0 aliphatic carbocycles. The predicted octanol–water partition coefficient (Wildman–Crippen LogP) is 8.75. The molecule has 4 N–H and O–H groups in total. The van der Waals surface area contributed by atoms with E-state index in [1.54, 1.807) is 0 Å². The smallest absolute Gasteiger partial charge is 0.335 e. The normalized spacial score (nSPS) is 20.9. The number of carbonyl (C=O) groups excluding carboxylic acids is 2. The maximum Gasteiger partial charge on any atom is 0.335 e. The summed E-state index contributed by atoms with van der Waals surface area (Å²) in [5.41, 5.74) is 0. The SMILES string of the molecule is CC/C=C\C/C=C\C/C=C\CCCCCCCCCC(=O)OCC(COC1OC(C(=O)O)C(O)C(O)C1O)OC(=O)CCCCCCC/C=C\C/C=C\CCC. The number of aliphatic hydroxyl groups is 3. The minimum absolute atomic E-state index is 0.161. The van der Waals surface area contributed by atoms with Gasteiger partial charge in [0.1, 0.15) is 24.9 Å². The summed E-state index contributed by atoms with van der Waals surface area (Å²) in [5, 5.41) is 39.7. The third kappa shape index (κ3) is 26.7. The fraction of sp³-hybridized carbons (Fsp3) is 0.711. The Balaban J connectivity index is 2.40. The number of carboxylic acids is 1. The molecule has 1 saturated heterocycles. The summed E-state index contributed by atoms with van der Waals surface area (Å²) in [5.74, 6) is -2.48. The maximum absolute atomic E-state index is 12.7. The monoisotopic (exact) mass is 791 g/mol. The fourth-order valence-corrected chi connectivity index (χ4v) is 5.99. The molecule has 1 fully saturated rings. The van der Waals surface area contributed by atoms with Crippen LogP contribution in [0.2, 0.25) is 0 Å². The third-order valence-corrected chi connectivity index (χ3v) is 9.33. The molecule has 0 aromatic heterocycles. The summed E-state index contributed by atoms with van der Waals surface area (Å²) in [6.07, 6.45) is 32.7. The molecule has 0 aromatic carbocycles. The standard InChI is InChI=1S/C45H74O11/c1-3-5-7-9-11-13-15-17-18-19-20-22-23-25-27-29-31-33-38(46)53-35-37(36-54-45-42(50)40(48)41(49)43(56-45)44(51)52)55-39(47)34-32-30-28-26-24-21-16-14-12-10-8-6-4-2/h5,7-8,10-11,13-14,16-18,37,40-43,45,48-50H,3-4,6,9,12,15,19-36H2,1-2H3,(H,51,52)/b7-5-,10-8-,13-11-,16-14-,18-17-. The number of unbranched alkanes of at least 4 members (excludes halogenated alkanes) is 13. The molecule has 56 heavy (non-hydrogen) atoms. The van der Waals surface area contributed by atoms with Crippen molar-refractivity contribution in [3.63, 3.8) is 0 Å². The Morgan fingerprint density at radius 2 is 1.05 bits per heavy atom. The van der Waals surface area contributed by atoms with Crippen LogP contribution < -0.4 is 0 Å². The molecular formula is C45H74O11. The van der Waals surface area contributed by atoms with Gasteiger partial charge in [0, 0.05) is 12.8 Å². The lowest BCUT2D eigenvalue weighted by atomic mass is 9.99. The molecule has 11 heteroatoms. The van der Waals surface area contributed by atoms with Gasteiger partial charge in [0.05, 0.1) is 6.61 Å². The summed E-state index contributed by atoms with van der Waals surface area (Å²) in [6, 6.07) is 0. The van der Waals surface area contributed by atoms with Crippen LogP contribution in [0, 0.1) is 0 Å². The van der Waals surface area contributed by atoms with Crippen LogP contribution in [0.15, 0.2) is 60.8 Å². The molecule has 1 rings (SSSR count). The van der Waals surface area contributed by atoms with Gasteiger partial charge in [-0.3, -0.25) is 9.59 Å². The number of hydrogen-bond acceptors (Lipinski definition) is 10. The lowest BCUT2D eigenvalue weighted by Crippen LogP contribution is -2.60. The van der Waals surface area contributed by atoms with Crippen molar-refractivity contribution in [3.05, 3.63) is 60.8 Å². The zero-order valence-corrected chi connectivity index (χ0v) is 34.4. The highest BCUT2D eigenvalue weighted by Crippen LogP contribution is 2.23. The van der Waals surface area contributed by atoms with E-state index in [4.69, 9.17) is 18.9 Å². The number of esters is 2. The largest absolute Gasteiger partial charge is 0.479 e. The Morgan fingerprint density at radius 3 is 1.59 bits per heavy atom. The van der Waals surface area contributed by atoms with Gasteiger partial charge in [-0.25, -0.2) is 4.79 Å². The van der Waals surface area contributed by atoms with Crippen molar-refractivity contribution in [2.75, 3.05) is 13.2 Å². The van der Waals surface area contributed by atoms with Gasteiger partial charge >= 0.3 is 17.9 Å². The van der Waals surface area contributed by atoms with Crippen LogP contribution in [-0.4, -0.2) is 88.4 Å². The van der Waals surface area contributed by atoms with Crippen LogP contribution in [-0.2, 0) is 33.3 Å². The van der Waals surface area contributed by atoms with Crippen molar-refractivity contribution in [1.29, 1.82) is 0 Å². The minimum Gasteiger partial charge on any atom is -0.479 e. The number of rotatable bonds is 34. The highest BCUT2D eigenvalue weighted by molar-refractivity contribution is 5.73. The first-order valence-corrected chi connectivity index (χ1v) is 21.3. The molecule has 0 saturated carbocycles. The topological polar surface area (TPSA) is 169 Å². The van der Waals surface area contributed by atoms with E-state index < -0.39 is 61.3 Å². The second-order valence-corrected chi connectivity index (χ2v) is 14.4. The summed E-state index contributed by atoms with van der Waals surface area (Å²) in [4.78, 5) is 36.7. The van der Waals surface area contributed by atoms with E-state index in [-0.39, 0.29) is 19.4 Å². The highest BCUT2D eigenvalue weighted by atomic mass is 16.7. The lowest BCUT2D eigenvalue weighted by Gasteiger charge is -2.38. The molecule has 320 valence electrons. The molecule has 0 spiro atoms. The van der Waals surface area contributed by atoms with E-state index in [1.165, 1.54) is 12.8 Å². The predicted molar refractivity (Wildman–Crippen MR) is 220 cm³/mol. The fourth-order valence-electron chi connectivity index (χ4n) is 5.99. The van der Waals surface area contributed by atoms with Crippen molar-refractivity contribution in [2.24, 2.45) is 0 Å². The molecule has 1 aliphatic rings. The third-order valence-electron chi connectivity index (χ3n) is 9.33. The molecule has 1 heterocycles. The molecule has 0 bridgehead atoms. The van der Waals surface area contributed by atoms with Crippen LogP contribution >= 0.6 is 0 Å².